The number of carboxylic acid groups (broad SMARTS) is 2. The quantitative estimate of drug-likeness (QED) is 0.294. The summed E-state index contributed by atoms with van der Waals surface area (Å²) in [5, 5.41) is 28.1. The molecule has 12 heteroatoms. The monoisotopic (exact) mass is 567 g/mol. The Morgan fingerprint density at radius 2 is 1.76 bits per heavy atom. The molecule has 1 amide bonds. The Hall–Kier alpha value is -2.67. The summed E-state index contributed by atoms with van der Waals surface area (Å²) in [5.74, 6) is -1.71. The molecule has 38 heavy (non-hydrogen) atoms. The van der Waals surface area contributed by atoms with E-state index < -0.39 is 11.9 Å². The van der Waals surface area contributed by atoms with Gasteiger partial charge in [0.2, 0.25) is 5.91 Å². The first-order valence-corrected chi connectivity index (χ1v) is 14.4. The second-order valence-electron chi connectivity index (χ2n) is 9.28. The van der Waals surface area contributed by atoms with Crippen molar-refractivity contribution in [2.45, 2.75) is 25.0 Å². The fourth-order valence-corrected chi connectivity index (χ4v) is 6.69. The van der Waals surface area contributed by atoms with Crippen LogP contribution in [0.3, 0.4) is 0 Å². The van der Waals surface area contributed by atoms with Crippen molar-refractivity contribution in [1.82, 2.24) is 9.80 Å². The van der Waals surface area contributed by atoms with Crippen molar-refractivity contribution in [2.24, 2.45) is 5.92 Å². The van der Waals surface area contributed by atoms with Gasteiger partial charge >= 0.3 is 11.9 Å². The zero-order valence-electron chi connectivity index (χ0n) is 21.3. The number of unbranched alkanes of at least 4 members (excludes halogenated alkanes) is 1. The first-order chi connectivity index (χ1) is 18.2. The first kappa shape index (κ1) is 29.9. The molecule has 0 bridgehead atoms. The molecular weight excluding hydrogens is 533 g/mol. The summed E-state index contributed by atoms with van der Waals surface area (Å²) in [5.41, 5.74) is 1.23. The van der Waals surface area contributed by atoms with Crippen LogP contribution >= 0.6 is 23.1 Å². The molecule has 3 heterocycles. The van der Waals surface area contributed by atoms with E-state index in [0.717, 1.165) is 68.1 Å². The number of aliphatic carboxylic acids is 2. The van der Waals surface area contributed by atoms with Gasteiger partial charge in [-0.25, -0.2) is 14.0 Å². The van der Waals surface area contributed by atoms with E-state index in [2.05, 4.69) is 15.2 Å². The maximum Gasteiger partial charge on any atom is 0.328 e. The van der Waals surface area contributed by atoms with Crippen molar-refractivity contribution >= 4 is 56.7 Å². The summed E-state index contributed by atoms with van der Waals surface area (Å²) in [4.78, 5) is 38.4. The van der Waals surface area contributed by atoms with Crippen molar-refractivity contribution in [2.75, 3.05) is 56.7 Å². The third-order valence-electron chi connectivity index (χ3n) is 6.52. The van der Waals surface area contributed by atoms with E-state index in [1.54, 1.807) is 35.2 Å². The van der Waals surface area contributed by atoms with Gasteiger partial charge in [0.1, 0.15) is 5.82 Å². The van der Waals surface area contributed by atoms with Gasteiger partial charge in [-0.3, -0.25) is 9.69 Å². The standard InChI is InChI=1S/C22H30FN3O2S2.C4H4O4/c1-16(13-27)21-22(28)26(15-30-21)7-3-2-6-24-8-10-25(11-9-24)19-14-29-20-12-17(23)4-5-18(19)20;5-3(6)1-2-4(7)8/h4-5,12,14,16,21,27H,2-3,6-11,13,15H2,1H3;1-2H,(H,5,6)(H,7,8)/b;2-1-. The normalized spacial score (nSPS) is 19.1. The molecule has 0 radical (unpaired) electrons. The number of thiophene rings is 1. The fourth-order valence-electron chi connectivity index (χ4n) is 4.39. The Morgan fingerprint density at radius 1 is 1.11 bits per heavy atom. The molecule has 208 valence electrons. The number of amides is 1. The van der Waals surface area contributed by atoms with Crippen molar-refractivity contribution in [3.63, 3.8) is 0 Å². The number of rotatable bonds is 10. The number of piperazine rings is 1. The smallest absolute Gasteiger partial charge is 0.328 e. The summed E-state index contributed by atoms with van der Waals surface area (Å²) in [7, 11) is 0. The van der Waals surface area contributed by atoms with Crippen molar-refractivity contribution < 1.29 is 34.1 Å². The van der Waals surface area contributed by atoms with Gasteiger partial charge in [-0.1, -0.05) is 6.92 Å². The summed E-state index contributed by atoms with van der Waals surface area (Å²) in [6, 6.07) is 5.06. The zero-order valence-corrected chi connectivity index (χ0v) is 22.9. The predicted molar refractivity (Wildman–Crippen MR) is 148 cm³/mol. The van der Waals surface area contributed by atoms with E-state index in [1.165, 1.54) is 5.69 Å². The van der Waals surface area contributed by atoms with Crippen LogP contribution in [0.4, 0.5) is 10.1 Å². The number of aliphatic hydroxyl groups excluding tert-OH is 1. The number of thioether (sulfide) groups is 1. The number of carbonyl (C=O) groups is 3. The largest absolute Gasteiger partial charge is 0.478 e. The molecule has 0 spiro atoms. The highest BCUT2D eigenvalue weighted by molar-refractivity contribution is 8.01. The third-order valence-corrected chi connectivity index (χ3v) is 8.94. The van der Waals surface area contributed by atoms with Crippen LogP contribution in [-0.4, -0.2) is 100.0 Å². The van der Waals surface area contributed by atoms with E-state index in [-0.39, 0.29) is 29.5 Å². The van der Waals surface area contributed by atoms with Gasteiger partial charge in [-0.15, -0.1) is 23.1 Å². The molecule has 1 aromatic carbocycles. The molecule has 2 saturated heterocycles. The minimum Gasteiger partial charge on any atom is -0.478 e. The lowest BCUT2D eigenvalue weighted by molar-refractivity contribution is -0.134. The number of halogens is 1. The van der Waals surface area contributed by atoms with Crippen LogP contribution in [0.25, 0.3) is 10.1 Å². The highest BCUT2D eigenvalue weighted by Crippen LogP contribution is 2.34. The molecule has 2 fully saturated rings. The minimum atomic E-state index is -1.26. The topological polar surface area (TPSA) is 122 Å². The van der Waals surface area contributed by atoms with Gasteiger partial charge in [0.05, 0.1) is 16.8 Å². The summed E-state index contributed by atoms with van der Waals surface area (Å²) >= 11 is 3.27. The summed E-state index contributed by atoms with van der Waals surface area (Å²) < 4.78 is 14.4. The molecule has 2 aliphatic rings. The average Bonchev–Trinajstić information content (AvgIpc) is 3.48. The molecule has 0 aliphatic carbocycles. The van der Waals surface area contributed by atoms with Gasteiger partial charge in [0, 0.05) is 66.9 Å². The Bertz CT molecular complexity index is 1120. The van der Waals surface area contributed by atoms with Gasteiger partial charge in [0.25, 0.3) is 0 Å². The van der Waals surface area contributed by atoms with Crippen molar-refractivity contribution in [3.05, 3.63) is 41.5 Å². The van der Waals surface area contributed by atoms with E-state index in [9.17, 15) is 23.9 Å². The number of carbonyl (C=O) groups excluding carboxylic acids is 1. The van der Waals surface area contributed by atoms with E-state index in [4.69, 9.17) is 10.2 Å². The lowest BCUT2D eigenvalue weighted by atomic mass is 10.1. The van der Waals surface area contributed by atoms with Crippen LogP contribution in [0, 0.1) is 11.7 Å². The molecule has 2 atom stereocenters. The Morgan fingerprint density at radius 3 is 2.39 bits per heavy atom. The van der Waals surface area contributed by atoms with Crippen molar-refractivity contribution in [3.8, 4) is 0 Å². The van der Waals surface area contributed by atoms with Crippen LogP contribution in [0.5, 0.6) is 0 Å². The second kappa shape index (κ2) is 14.5. The Kier molecular flexibility index (Phi) is 11.4. The lowest BCUT2D eigenvalue weighted by Crippen LogP contribution is -2.46. The average molecular weight is 568 g/mol. The number of nitrogens with zero attached hydrogens (tertiary/aromatic N) is 3. The second-order valence-corrected chi connectivity index (χ2v) is 11.3. The highest BCUT2D eigenvalue weighted by atomic mass is 32.2. The van der Waals surface area contributed by atoms with E-state index >= 15 is 0 Å². The Labute approximate surface area is 229 Å². The maximum absolute atomic E-state index is 13.4. The lowest BCUT2D eigenvalue weighted by Gasteiger charge is -2.36. The molecule has 2 aliphatic heterocycles. The molecule has 0 saturated carbocycles. The van der Waals surface area contributed by atoms with Gasteiger partial charge < -0.3 is 25.1 Å². The number of hydrogen-bond acceptors (Lipinski definition) is 8. The zero-order chi connectivity index (χ0) is 27.7. The van der Waals surface area contributed by atoms with Crippen LogP contribution < -0.4 is 4.90 Å². The van der Waals surface area contributed by atoms with E-state index in [0.29, 0.717) is 12.2 Å². The molecule has 2 unspecified atom stereocenters. The van der Waals surface area contributed by atoms with Gasteiger partial charge in [-0.05, 0) is 43.5 Å². The number of carboxylic acids is 2. The number of fused-ring (bicyclic) bond motifs is 1. The van der Waals surface area contributed by atoms with Crippen LogP contribution in [0.2, 0.25) is 0 Å². The fraction of sp³-hybridized carbons (Fsp3) is 0.500. The number of anilines is 1. The number of hydrogen-bond donors (Lipinski definition) is 3. The molecular formula is C26H34FN3O6S2. The molecule has 9 nitrogen and oxygen atoms in total. The third kappa shape index (κ3) is 8.42. The highest BCUT2D eigenvalue weighted by Gasteiger charge is 2.35. The molecule has 3 N–H and O–H groups in total. The Balaban J connectivity index is 0.000000436. The SMILES string of the molecule is CC(CO)C1SCN(CCCCN2CCN(c3csc4cc(F)ccc34)CC2)C1=O.O=C(O)/C=C\C(=O)O. The number of aliphatic hydroxyl groups is 1. The predicted octanol–water partition coefficient (Wildman–Crippen LogP) is 3.18. The van der Waals surface area contributed by atoms with Crippen LogP contribution in [-0.2, 0) is 14.4 Å². The van der Waals surface area contributed by atoms with Gasteiger partial charge in [0.15, 0.2) is 0 Å². The van der Waals surface area contributed by atoms with E-state index in [1.807, 2.05) is 17.9 Å². The summed E-state index contributed by atoms with van der Waals surface area (Å²) in [6.45, 7) is 7.95. The number of benzene rings is 1. The molecule has 2 aromatic rings. The van der Waals surface area contributed by atoms with Crippen molar-refractivity contribution in [1.29, 1.82) is 0 Å². The minimum absolute atomic E-state index is 0.0307. The molecule has 1 aromatic heterocycles. The van der Waals surface area contributed by atoms with Crippen LogP contribution in [0.15, 0.2) is 35.7 Å². The van der Waals surface area contributed by atoms with Crippen LogP contribution in [0.1, 0.15) is 19.8 Å². The van der Waals surface area contributed by atoms with Gasteiger partial charge in [-0.2, -0.15) is 0 Å². The first-order valence-electron chi connectivity index (χ1n) is 12.5. The molecule has 4 rings (SSSR count). The maximum atomic E-state index is 13.4. The summed E-state index contributed by atoms with van der Waals surface area (Å²) in [6.07, 6.45) is 3.23.